The third-order valence-corrected chi connectivity index (χ3v) is 3.26. The lowest BCUT2D eigenvalue weighted by molar-refractivity contribution is 0.466. The van der Waals surface area contributed by atoms with Gasteiger partial charge in [0.15, 0.2) is 0 Å². The molecule has 0 amide bonds. The Bertz CT molecular complexity index is 224. The van der Waals surface area contributed by atoms with Crippen molar-refractivity contribution in [3.63, 3.8) is 0 Å². The summed E-state index contributed by atoms with van der Waals surface area (Å²) in [6, 6.07) is 2.47. The van der Waals surface area contributed by atoms with Crippen molar-refractivity contribution < 1.29 is 0 Å². The highest BCUT2D eigenvalue weighted by Gasteiger charge is 2.08. The number of allylic oxidation sites excluding steroid dienone is 2. The molecule has 0 aliphatic rings. The number of hydrogen-bond donors (Lipinski definition) is 0. The molecule has 0 saturated heterocycles. The maximum atomic E-state index is 9.10. The van der Waals surface area contributed by atoms with Crippen LogP contribution in [0.15, 0.2) is 12.2 Å². The van der Waals surface area contributed by atoms with E-state index in [0.29, 0.717) is 5.92 Å². The molecule has 0 N–H and O–H groups in total. The zero-order valence-electron chi connectivity index (χ0n) is 11.9. The predicted molar refractivity (Wildman–Crippen MR) is 75.7 cm³/mol. The third-order valence-electron chi connectivity index (χ3n) is 3.26. The second-order valence-corrected chi connectivity index (χ2v) is 5.07. The average Bonchev–Trinajstić information content (AvgIpc) is 2.35. The molecule has 0 rings (SSSR count). The van der Waals surface area contributed by atoms with E-state index in [1.54, 1.807) is 0 Å². The molecule has 17 heavy (non-hydrogen) atoms. The van der Waals surface area contributed by atoms with E-state index >= 15 is 0 Å². The largest absolute Gasteiger partial charge is 0.198 e. The molecular formula is C16H29N. The molecule has 0 aromatic carbocycles. The minimum absolute atomic E-state index is 0.282. The maximum Gasteiger partial charge on any atom is 0.0655 e. The molecule has 2 atom stereocenters. The molecule has 1 heteroatoms. The highest BCUT2D eigenvalue weighted by Crippen LogP contribution is 2.19. The van der Waals surface area contributed by atoms with Crippen molar-refractivity contribution in [2.24, 2.45) is 11.8 Å². The SMILES string of the molecule is CC/C=C/C(C)CCC(C#N)CCCCCC. The molecule has 0 aromatic heterocycles. The Kier molecular flexibility index (Phi) is 11.2. The molecule has 0 aliphatic heterocycles. The van der Waals surface area contributed by atoms with Crippen LogP contribution in [0.4, 0.5) is 0 Å². The van der Waals surface area contributed by atoms with Crippen molar-refractivity contribution in [2.75, 3.05) is 0 Å². The fourth-order valence-electron chi connectivity index (χ4n) is 2.02. The van der Waals surface area contributed by atoms with Gasteiger partial charge in [-0.15, -0.1) is 0 Å². The number of nitrogens with zero attached hydrogens (tertiary/aromatic N) is 1. The van der Waals surface area contributed by atoms with E-state index in [1.165, 1.54) is 25.7 Å². The molecule has 1 nitrogen and oxygen atoms in total. The monoisotopic (exact) mass is 235 g/mol. The van der Waals surface area contributed by atoms with Gasteiger partial charge in [0.05, 0.1) is 6.07 Å². The Morgan fingerprint density at radius 2 is 1.82 bits per heavy atom. The van der Waals surface area contributed by atoms with Crippen molar-refractivity contribution in [1.29, 1.82) is 5.26 Å². The van der Waals surface area contributed by atoms with Gasteiger partial charge in [0.1, 0.15) is 0 Å². The maximum absolute atomic E-state index is 9.10. The number of unbranched alkanes of at least 4 members (excludes halogenated alkanes) is 3. The van der Waals surface area contributed by atoms with E-state index in [0.717, 1.165) is 25.7 Å². The van der Waals surface area contributed by atoms with Crippen molar-refractivity contribution in [1.82, 2.24) is 0 Å². The van der Waals surface area contributed by atoms with Crippen LogP contribution in [0.25, 0.3) is 0 Å². The number of hydrogen-bond acceptors (Lipinski definition) is 1. The van der Waals surface area contributed by atoms with Gasteiger partial charge in [-0.3, -0.25) is 0 Å². The van der Waals surface area contributed by atoms with Crippen LogP contribution in [-0.4, -0.2) is 0 Å². The second-order valence-electron chi connectivity index (χ2n) is 5.07. The molecule has 0 bridgehead atoms. The standard InChI is InChI=1S/C16H29N/c1-4-6-8-9-11-16(14-17)13-12-15(3)10-7-5-2/h7,10,15-16H,4-6,8-9,11-13H2,1-3H3/b10-7+. The summed E-state index contributed by atoms with van der Waals surface area (Å²) >= 11 is 0. The van der Waals surface area contributed by atoms with Crippen molar-refractivity contribution in [3.8, 4) is 6.07 Å². The summed E-state index contributed by atoms with van der Waals surface area (Å²) < 4.78 is 0. The van der Waals surface area contributed by atoms with Crippen LogP contribution in [-0.2, 0) is 0 Å². The van der Waals surface area contributed by atoms with Crippen molar-refractivity contribution >= 4 is 0 Å². The molecule has 0 fully saturated rings. The summed E-state index contributed by atoms with van der Waals surface area (Å²) in [6.07, 6.45) is 14.1. The molecule has 0 spiro atoms. The topological polar surface area (TPSA) is 23.8 Å². The first-order chi connectivity index (χ1) is 8.24. The minimum atomic E-state index is 0.282. The van der Waals surface area contributed by atoms with Gasteiger partial charge in [-0.2, -0.15) is 5.26 Å². The molecule has 0 saturated carbocycles. The summed E-state index contributed by atoms with van der Waals surface area (Å²) in [5.74, 6) is 0.908. The van der Waals surface area contributed by atoms with Gasteiger partial charge in [-0.05, 0) is 31.6 Å². The van der Waals surface area contributed by atoms with Crippen LogP contribution < -0.4 is 0 Å². The highest BCUT2D eigenvalue weighted by molar-refractivity contribution is 4.88. The summed E-state index contributed by atoms with van der Waals surface area (Å²) in [5, 5.41) is 9.10. The van der Waals surface area contributed by atoms with Crippen LogP contribution in [0.5, 0.6) is 0 Å². The van der Waals surface area contributed by atoms with E-state index in [9.17, 15) is 0 Å². The number of nitriles is 1. The first-order valence-electron chi connectivity index (χ1n) is 7.30. The van der Waals surface area contributed by atoms with Crippen LogP contribution in [0, 0.1) is 23.2 Å². The molecule has 0 aromatic rings. The Hall–Kier alpha value is -0.770. The Morgan fingerprint density at radius 1 is 1.06 bits per heavy atom. The van der Waals surface area contributed by atoms with E-state index < -0.39 is 0 Å². The van der Waals surface area contributed by atoms with E-state index in [2.05, 4.69) is 39.0 Å². The lowest BCUT2D eigenvalue weighted by atomic mass is 9.93. The number of rotatable bonds is 10. The zero-order valence-corrected chi connectivity index (χ0v) is 11.9. The smallest absolute Gasteiger partial charge is 0.0655 e. The normalized spacial score (nSPS) is 14.7. The zero-order chi connectivity index (χ0) is 12.9. The Morgan fingerprint density at radius 3 is 2.41 bits per heavy atom. The quantitative estimate of drug-likeness (QED) is 0.363. The summed E-state index contributed by atoms with van der Waals surface area (Å²) in [4.78, 5) is 0. The van der Waals surface area contributed by atoms with Gasteiger partial charge >= 0.3 is 0 Å². The lowest BCUT2D eigenvalue weighted by Gasteiger charge is -2.11. The minimum Gasteiger partial charge on any atom is -0.198 e. The van der Waals surface area contributed by atoms with Gasteiger partial charge in [-0.25, -0.2) is 0 Å². The van der Waals surface area contributed by atoms with Crippen LogP contribution in [0.3, 0.4) is 0 Å². The van der Waals surface area contributed by atoms with Crippen molar-refractivity contribution in [3.05, 3.63) is 12.2 Å². The Balaban J connectivity index is 3.67. The predicted octanol–water partition coefficient (Wildman–Crippen LogP) is 5.48. The summed E-state index contributed by atoms with van der Waals surface area (Å²) in [6.45, 7) is 6.64. The van der Waals surface area contributed by atoms with Gasteiger partial charge in [0, 0.05) is 5.92 Å². The molecule has 0 radical (unpaired) electrons. The fourth-order valence-corrected chi connectivity index (χ4v) is 2.02. The van der Waals surface area contributed by atoms with E-state index in [1.807, 2.05) is 0 Å². The van der Waals surface area contributed by atoms with E-state index in [-0.39, 0.29) is 5.92 Å². The summed E-state index contributed by atoms with van der Waals surface area (Å²) in [5.41, 5.74) is 0. The van der Waals surface area contributed by atoms with Crippen LogP contribution in [0.2, 0.25) is 0 Å². The fraction of sp³-hybridized carbons (Fsp3) is 0.812. The second kappa shape index (κ2) is 11.7. The molecule has 2 unspecified atom stereocenters. The third kappa shape index (κ3) is 10.1. The van der Waals surface area contributed by atoms with Crippen molar-refractivity contribution in [2.45, 2.75) is 72.1 Å². The van der Waals surface area contributed by atoms with Gasteiger partial charge in [0.25, 0.3) is 0 Å². The van der Waals surface area contributed by atoms with Crippen LogP contribution in [0.1, 0.15) is 72.1 Å². The van der Waals surface area contributed by atoms with E-state index in [4.69, 9.17) is 5.26 Å². The molecule has 98 valence electrons. The van der Waals surface area contributed by atoms with Crippen LogP contribution >= 0.6 is 0 Å². The summed E-state index contributed by atoms with van der Waals surface area (Å²) in [7, 11) is 0. The van der Waals surface area contributed by atoms with Gasteiger partial charge in [-0.1, -0.05) is 58.6 Å². The first kappa shape index (κ1) is 16.2. The lowest BCUT2D eigenvalue weighted by Crippen LogP contribution is -2.00. The highest BCUT2D eigenvalue weighted by atomic mass is 14.3. The molecular weight excluding hydrogens is 206 g/mol. The van der Waals surface area contributed by atoms with Gasteiger partial charge in [0.2, 0.25) is 0 Å². The molecule has 0 aliphatic carbocycles. The van der Waals surface area contributed by atoms with Gasteiger partial charge < -0.3 is 0 Å². The first-order valence-corrected chi connectivity index (χ1v) is 7.30. The average molecular weight is 235 g/mol. The molecule has 0 heterocycles. The Labute approximate surface area is 108 Å².